The van der Waals surface area contributed by atoms with Crippen LogP contribution in [-0.4, -0.2) is 13.6 Å². The summed E-state index contributed by atoms with van der Waals surface area (Å²) >= 11 is 5.43. The van der Waals surface area contributed by atoms with Gasteiger partial charge >= 0.3 is 0 Å². The Labute approximate surface area is 115 Å². The van der Waals surface area contributed by atoms with E-state index < -0.39 is 0 Å². The van der Waals surface area contributed by atoms with Gasteiger partial charge in [-0.05, 0) is 46.4 Å². The van der Waals surface area contributed by atoms with Crippen molar-refractivity contribution in [2.45, 2.75) is 12.3 Å². The summed E-state index contributed by atoms with van der Waals surface area (Å²) in [6, 6.07) is 12.8. The van der Waals surface area contributed by atoms with Crippen molar-refractivity contribution in [1.29, 1.82) is 0 Å². The molecule has 0 bridgehead atoms. The summed E-state index contributed by atoms with van der Waals surface area (Å²) in [5.41, 5.74) is 1.40. The maximum absolute atomic E-state index is 3.61. The summed E-state index contributed by atoms with van der Waals surface area (Å²) in [6.45, 7) is 1.01. The maximum atomic E-state index is 3.61. The normalized spacial score (nSPS) is 12.6. The standard InChI is InChI=1S/C14H16BrNS/c1-16-10-12(11-5-3-2-4-6-11)9-14-13(15)7-8-17-14/h2-8,12,16H,9-10H2,1H3. The summed E-state index contributed by atoms with van der Waals surface area (Å²) < 4.78 is 1.24. The SMILES string of the molecule is CNCC(Cc1sccc1Br)c1ccccc1. The van der Waals surface area contributed by atoms with E-state index in [4.69, 9.17) is 0 Å². The molecule has 1 aromatic heterocycles. The first kappa shape index (κ1) is 12.8. The van der Waals surface area contributed by atoms with E-state index in [1.165, 1.54) is 14.9 Å². The molecule has 0 aliphatic carbocycles. The Kier molecular flexibility index (Phi) is 4.77. The Morgan fingerprint density at radius 2 is 2.00 bits per heavy atom. The molecule has 0 saturated carbocycles. The first-order valence-electron chi connectivity index (χ1n) is 5.72. The van der Waals surface area contributed by atoms with Crippen LogP contribution < -0.4 is 5.32 Å². The fraction of sp³-hybridized carbons (Fsp3) is 0.286. The molecule has 1 unspecified atom stereocenters. The molecule has 0 amide bonds. The third-order valence-corrected chi connectivity index (χ3v) is 4.79. The van der Waals surface area contributed by atoms with Crippen LogP contribution in [0.25, 0.3) is 0 Å². The summed E-state index contributed by atoms with van der Waals surface area (Å²) in [6.07, 6.45) is 1.09. The van der Waals surface area contributed by atoms with Crippen molar-refractivity contribution < 1.29 is 0 Å². The molecule has 0 saturated heterocycles. The van der Waals surface area contributed by atoms with E-state index in [0.29, 0.717) is 5.92 Å². The average molecular weight is 310 g/mol. The van der Waals surface area contributed by atoms with Crippen molar-refractivity contribution in [2.75, 3.05) is 13.6 Å². The zero-order chi connectivity index (χ0) is 12.1. The number of hydrogen-bond donors (Lipinski definition) is 1. The molecule has 1 atom stereocenters. The lowest BCUT2D eigenvalue weighted by Gasteiger charge is -2.16. The van der Waals surface area contributed by atoms with E-state index in [2.05, 4.69) is 63.0 Å². The molecular weight excluding hydrogens is 294 g/mol. The molecule has 3 heteroatoms. The monoisotopic (exact) mass is 309 g/mol. The lowest BCUT2D eigenvalue weighted by atomic mass is 9.95. The fourth-order valence-electron chi connectivity index (χ4n) is 1.97. The van der Waals surface area contributed by atoms with Gasteiger partial charge in [0, 0.05) is 21.8 Å². The second-order valence-electron chi connectivity index (χ2n) is 4.06. The molecule has 0 spiro atoms. The first-order chi connectivity index (χ1) is 8.31. The van der Waals surface area contributed by atoms with Crippen molar-refractivity contribution in [3.63, 3.8) is 0 Å². The Hall–Kier alpha value is -0.640. The number of hydrogen-bond acceptors (Lipinski definition) is 2. The van der Waals surface area contributed by atoms with Crippen LogP contribution in [0.2, 0.25) is 0 Å². The minimum Gasteiger partial charge on any atom is -0.319 e. The van der Waals surface area contributed by atoms with Gasteiger partial charge < -0.3 is 5.32 Å². The maximum Gasteiger partial charge on any atom is 0.0314 e. The van der Waals surface area contributed by atoms with E-state index in [9.17, 15) is 0 Å². The van der Waals surface area contributed by atoms with Crippen LogP contribution >= 0.6 is 27.3 Å². The van der Waals surface area contributed by atoms with Crippen molar-refractivity contribution >= 4 is 27.3 Å². The largest absolute Gasteiger partial charge is 0.319 e. The van der Waals surface area contributed by atoms with Crippen molar-refractivity contribution in [2.24, 2.45) is 0 Å². The smallest absolute Gasteiger partial charge is 0.0314 e. The number of likely N-dealkylation sites (N-methyl/N-ethyl adjacent to an activating group) is 1. The number of benzene rings is 1. The van der Waals surface area contributed by atoms with E-state index in [1.807, 2.05) is 18.4 Å². The van der Waals surface area contributed by atoms with Crippen LogP contribution in [0.15, 0.2) is 46.3 Å². The highest BCUT2D eigenvalue weighted by Crippen LogP contribution is 2.29. The zero-order valence-electron chi connectivity index (χ0n) is 9.82. The minimum atomic E-state index is 0.538. The molecule has 0 radical (unpaired) electrons. The molecule has 2 rings (SSSR count). The van der Waals surface area contributed by atoms with Crippen LogP contribution in [0.4, 0.5) is 0 Å². The Bertz CT molecular complexity index is 452. The Balaban J connectivity index is 2.16. The molecule has 17 heavy (non-hydrogen) atoms. The van der Waals surface area contributed by atoms with E-state index >= 15 is 0 Å². The topological polar surface area (TPSA) is 12.0 Å². The molecule has 0 aliphatic rings. The van der Waals surface area contributed by atoms with E-state index in [0.717, 1.165) is 13.0 Å². The Morgan fingerprint density at radius 1 is 1.24 bits per heavy atom. The third-order valence-electron chi connectivity index (χ3n) is 2.84. The second-order valence-corrected chi connectivity index (χ2v) is 5.92. The molecular formula is C14H16BrNS. The molecule has 0 fully saturated rings. The van der Waals surface area contributed by atoms with Crippen LogP contribution in [0.5, 0.6) is 0 Å². The van der Waals surface area contributed by atoms with Gasteiger partial charge in [0.05, 0.1) is 0 Å². The van der Waals surface area contributed by atoms with Gasteiger partial charge in [-0.15, -0.1) is 11.3 Å². The van der Waals surface area contributed by atoms with Gasteiger partial charge in [0.25, 0.3) is 0 Å². The van der Waals surface area contributed by atoms with Gasteiger partial charge in [-0.2, -0.15) is 0 Å². The highest BCUT2D eigenvalue weighted by atomic mass is 79.9. The van der Waals surface area contributed by atoms with Gasteiger partial charge in [0.2, 0.25) is 0 Å². The van der Waals surface area contributed by atoms with Crippen LogP contribution in [0, 0.1) is 0 Å². The van der Waals surface area contributed by atoms with Crippen molar-refractivity contribution in [3.05, 3.63) is 56.7 Å². The predicted octanol–water partition coefficient (Wildman–Crippen LogP) is 4.06. The summed E-state index contributed by atoms with van der Waals surface area (Å²) in [7, 11) is 2.01. The highest BCUT2D eigenvalue weighted by Gasteiger charge is 2.13. The van der Waals surface area contributed by atoms with Gasteiger partial charge in [-0.25, -0.2) is 0 Å². The lowest BCUT2D eigenvalue weighted by molar-refractivity contribution is 0.629. The molecule has 1 heterocycles. The quantitative estimate of drug-likeness (QED) is 0.878. The van der Waals surface area contributed by atoms with Gasteiger partial charge in [-0.3, -0.25) is 0 Å². The number of nitrogens with one attached hydrogen (secondary N) is 1. The molecule has 1 N–H and O–H groups in total. The Morgan fingerprint density at radius 3 is 2.59 bits per heavy atom. The molecule has 1 aromatic carbocycles. The zero-order valence-corrected chi connectivity index (χ0v) is 12.2. The number of thiophene rings is 1. The van der Waals surface area contributed by atoms with Crippen molar-refractivity contribution in [3.8, 4) is 0 Å². The summed E-state index contributed by atoms with van der Waals surface area (Å²) in [5.74, 6) is 0.538. The second kappa shape index (κ2) is 6.34. The van der Waals surface area contributed by atoms with Gasteiger partial charge in [-0.1, -0.05) is 30.3 Å². The van der Waals surface area contributed by atoms with E-state index in [-0.39, 0.29) is 0 Å². The molecule has 2 aromatic rings. The van der Waals surface area contributed by atoms with Gasteiger partial charge in [0.1, 0.15) is 0 Å². The predicted molar refractivity (Wildman–Crippen MR) is 78.8 cm³/mol. The van der Waals surface area contributed by atoms with Crippen LogP contribution in [-0.2, 0) is 6.42 Å². The summed E-state index contributed by atoms with van der Waals surface area (Å²) in [4.78, 5) is 1.43. The molecule has 0 aliphatic heterocycles. The molecule has 90 valence electrons. The first-order valence-corrected chi connectivity index (χ1v) is 7.40. The fourth-order valence-corrected chi connectivity index (χ4v) is 3.57. The van der Waals surface area contributed by atoms with Gasteiger partial charge in [0.15, 0.2) is 0 Å². The minimum absolute atomic E-state index is 0.538. The third kappa shape index (κ3) is 3.41. The molecule has 1 nitrogen and oxygen atoms in total. The highest BCUT2D eigenvalue weighted by molar-refractivity contribution is 9.10. The number of halogens is 1. The number of rotatable bonds is 5. The summed E-state index contributed by atoms with van der Waals surface area (Å²) in [5, 5.41) is 5.43. The van der Waals surface area contributed by atoms with Crippen LogP contribution in [0.3, 0.4) is 0 Å². The van der Waals surface area contributed by atoms with Crippen LogP contribution in [0.1, 0.15) is 16.4 Å². The average Bonchev–Trinajstić information content (AvgIpc) is 2.76. The lowest BCUT2D eigenvalue weighted by Crippen LogP contribution is -2.18. The van der Waals surface area contributed by atoms with E-state index in [1.54, 1.807) is 0 Å². The van der Waals surface area contributed by atoms with Crippen molar-refractivity contribution in [1.82, 2.24) is 5.32 Å².